The van der Waals surface area contributed by atoms with E-state index in [1.54, 1.807) is 12.3 Å². The zero-order valence-electron chi connectivity index (χ0n) is 51.1. The molecule has 3 aromatic rings. The van der Waals surface area contributed by atoms with Crippen molar-refractivity contribution < 1.29 is 33.5 Å². The number of aliphatic imine (C=N–C) groups is 1. The second kappa shape index (κ2) is 48.8. The Bertz CT molecular complexity index is 1840. The molecule has 0 spiro atoms. The zero-order chi connectivity index (χ0) is 55.6. The second-order valence-corrected chi connectivity index (χ2v) is 22.4. The highest BCUT2D eigenvalue weighted by atomic mass is 16.5. The number of ether oxygens (including phenoxy) is 6. The van der Waals surface area contributed by atoms with E-state index in [0.717, 1.165) is 86.3 Å². The van der Waals surface area contributed by atoms with Gasteiger partial charge in [0, 0.05) is 23.9 Å². The van der Waals surface area contributed by atoms with Gasteiger partial charge >= 0.3 is 0 Å². The van der Waals surface area contributed by atoms with Crippen molar-refractivity contribution in [3.05, 3.63) is 59.7 Å². The van der Waals surface area contributed by atoms with Crippen molar-refractivity contribution in [1.82, 2.24) is 0 Å². The Kier molecular flexibility index (Phi) is 42.7. The molecule has 78 heavy (non-hydrogen) atoms. The maximum Gasteiger partial charge on any atom is 0.203 e. The van der Waals surface area contributed by atoms with Crippen molar-refractivity contribution >= 4 is 11.9 Å². The van der Waals surface area contributed by atoms with Crippen LogP contribution in [0.15, 0.2) is 53.5 Å². The summed E-state index contributed by atoms with van der Waals surface area (Å²) in [4.78, 5) is 4.83. The van der Waals surface area contributed by atoms with Gasteiger partial charge in [-0.25, -0.2) is 0 Å². The van der Waals surface area contributed by atoms with Crippen LogP contribution in [0.2, 0.25) is 0 Å². The molecule has 444 valence electrons. The molecule has 0 fully saturated rings. The molecule has 0 aliphatic heterocycles. The number of rotatable bonds is 55. The van der Waals surface area contributed by atoms with Crippen LogP contribution in [-0.2, 0) is 6.61 Å². The molecule has 0 amide bonds. The monoisotopic (exact) mass is 1080 g/mol. The summed E-state index contributed by atoms with van der Waals surface area (Å²) in [5.74, 6) is 4.27. The van der Waals surface area contributed by atoms with Crippen LogP contribution < -0.4 is 28.4 Å². The van der Waals surface area contributed by atoms with Gasteiger partial charge in [-0.05, 0) is 68.0 Å². The second-order valence-electron chi connectivity index (χ2n) is 22.4. The molecule has 0 aromatic heterocycles. The summed E-state index contributed by atoms with van der Waals surface area (Å²) in [6, 6.07) is 15.6. The van der Waals surface area contributed by atoms with Gasteiger partial charge in [0.1, 0.15) is 18.1 Å². The summed E-state index contributed by atoms with van der Waals surface area (Å²) in [6.07, 6.45) is 51.5. The van der Waals surface area contributed by atoms with Crippen LogP contribution in [0.4, 0.5) is 5.69 Å². The molecular weight excluding hydrogens is 967 g/mol. The Morgan fingerprint density at radius 1 is 0.346 bits per heavy atom. The number of phenolic OH excluding ortho intramolecular Hbond substituents is 1. The van der Waals surface area contributed by atoms with Crippen LogP contribution in [0.5, 0.6) is 40.2 Å². The minimum atomic E-state index is 0.114. The van der Waals surface area contributed by atoms with E-state index in [4.69, 9.17) is 33.4 Å². The van der Waals surface area contributed by atoms with Crippen LogP contribution in [0, 0.1) is 0 Å². The van der Waals surface area contributed by atoms with Crippen LogP contribution in [0.3, 0.4) is 0 Å². The third-order valence-electron chi connectivity index (χ3n) is 15.0. The fourth-order valence-electron chi connectivity index (χ4n) is 10.0. The number of phenols is 1. The molecule has 0 heterocycles. The van der Waals surface area contributed by atoms with Crippen LogP contribution in [-0.4, -0.2) is 44.4 Å². The van der Waals surface area contributed by atoms with E-state index in [1.165, 1.54) is 199 Å². The summed E-state index contributed by atoms with van der Waals surface area (Å²) >= 11 is 0. The number of unbranched alkanes of at least 4 members (excludes halogenated alkanes) is 35. The van der Waals surface area contributed by atoms with Gasteiger partial charge in [0.25, 0.3) is 0 Å². The van der Waals surface area contributed by atoms with Crippen molar-refractivity contribution in [3.63, 3.8) is 0 Å². The van der Waals surface area contributed by atoms with E-state index in [-0.39, 0.29) is 5.75 Å². The standard InChI is InChI=1S/C70H117NO7/c1-6-11-16-21-26-31-36-41-49-73-66-56-62(65(72)58-67(66)74-50-42-37-32-27-22-17-12-7-2)59-71-63-47-46-48-64(57-63)78-60-61-54-68(75-51-43-38-33-28-23-18-13-8-3)70(77-53-45-40-35-30-25-20-15-10-5)69(55-61)76-52-44-39-34-29-24-19-14-9-4/h46-48,54-59,72H,6-45,49-53,60H2,1-5H3. The first-order valence-electron chi connectivity index (χ1n) is 33.0. The highest BCUT2D eigenvalue weighted by molar-refractivity contribution is 5.86. The average molecular weight is 1080 g/mol. The van der Waals surface area contributed by atoms with E-state index in [9.17, 15) is 5.11 Å². The smallest absolute Gasteiger partial charge is 0.203 e. The number of nitrogens with zero attached hydrogens (tertiary/aromatic N) is 1. The average Bonchev–Trinajstić information content (AvgIpc) is 3.46. The maximum absolute atomic E-state index is 11.3. The van der Waals surface area contributed by atoms with Gasteiger partial charge in [0.05, 0.1) is 38.7 Å². The van der Waals surface area contributed by atoms with Gasteiger partial charge in [-0.15, -0.1) is 0 Å². The Balaban J connectivity index is 1.77. The quantitative estimate of drug-likeness (QED) is 0.0445. The van der Waals surface area contributed by atoms with Crippen LogP contribution in [0.25, 0.3) is 0 Å². The maximum atomic E-state index is 11.3. The van der Waals surface area contributed by atoms with E-state index in [2.05, 4.69) is 46.8 Å². The molecule has 0 bridgehead atoms. The Morgan fingerprint density at radius 2 is 0.679 bits per heavy atom. The van der Waals surface area contributed by atoms with E-state index in [1.807, 2.05) is 30.3 Å². The molecule has 0 atom stereocenters. The minimum Gasteiger partial charge on any atom is -0.507 e. The van der Waals surface area contributed by atoms with Gasteiger partial charge in [-0.3, -0.25) is 4.99 Å². The largest absolute Gasteiger partial charge is 0.507 e. The first-order valence-corrected chi connectivity index (χ1v) is 33.0. The number of aromatic hydroxyl groups is 1. The molecule has 3 aromatic carbocycles. The lowest BCUT2D eigenvalue weighted by molar-refractivity contribution is 0.232. The molecule has 3 rings (SSSR count). The number of hydrogen-bond donors (Lipinski definition) is 1. The summed E-state index contributed by atoms with van der Waals surface area (Å²) in [7, 11) is 0. The summed E-state index contributed by atoms with van der Waals surface area (Å²) < 4.78 is 39.1. The Morgan fingerprint density at radius 3 is 1.06 bits per heavy atom. The number of hydrogen-bond acceptors (Lipinski definition) is 8. The summed E-state index contributed by atoms with van der Waals surface area (Å²) in [5.41, 5.74) is 2.27. The fraction of sp³-hybridized carbons (Fsp3) is 0.729. The van der Waals surface area contributed by atoms with E-state index >= 15 is 0 Å². The fourth-order valence-corrected chi connectivity index (χ4v) is 10.0. The zero-order valence-corrected chi connectivity index (χ0v) is 51.1. The normalized spacial score (nSPS) is 11.4. The SMILES string of the molecule is CCCCCCCCCCOc1cc(O)c(C=Nc2cccc(OCc3cc(OCCCCCCCCCC)c(OCCCCCCCCCC)c(OCCCCCCCCCC)c3)c2)cc1OCCCCCCCCCC. The van der Waals surface area contributed by atoms with Gasteiger partial charge in [0.15, 0.2) is 23.0 Å². The van der Waals surface area contributed by atoms with E-state index in [0.29, 0.717) is 62.5 Å². The molecular formula is C70H117NO7. The third kappa shape index (κ3) is 34.2. The molecule has 0 aliphatic rings. The van der Waals surface area contributed by atoms with Gasteiger partial charge in [-0.1, -0.05) is 265 Å². The summed E-state index contributed by atoms with van der Waals surface area (Å²) in [5, 5.41) is 11.3. The molecule has 0 aliphatic carbocycles. The lowest BCUT2D eigenvalue weighted by Gasteiger charge is -2.19. The predicted octanol–water partition coefficient (Wildman–Crippen LogP) is 22.3. The molecule has 0 saturated heterocycles. The van der Waals surface area contributed by atoms with Crippen molar-refractivity contribution in [2.45, 2.75) is 298 Å². The highest BCUT2D eigenvalue weighted by Crippen LogP contribution is 2.40. The van der Waals surface area contributed by atoms with Gasteiger partial charge in [-0.2, -0.15) is 0 Å². The third-order valence-corrected chi connectivity index (χ3v) is 15.0. The van der Waals surface area contributed by atoms with Gasteiger partial charge in [0.2, 0.25) is 5.75 Å². The summed E-state index contributed by atoms with van der Waals surface area (Å²) in [6.45, 7) is 14.8. The molecule has 0 unspecified atom stereocenters. The van der Waals surface area contributed by atoms with Crippen molar-refractivity contribution in [2.75, 3.05) is 33.0 Å². The number of benzene rings is 3. The van der Waals surface area contributed by atoms with Crippen LogP contribution in [0.1, 0.15) is 303 Å². The van der Waals surface area contributed by atoms with Crippen molar-refractivity contribution in [2.24, 2.45) is 4.99 Å². The van der Waals surface area contributed by atoms with Gasteiger partial charge < -0.3 is 33.5 Å². The topological polar surface area (TPSA) is 88.0 Å². The lowest BCUT2D eigenvalue weighted by Crippen LogP contribution is -2.08. The Hall–Kier alpha value is -4.07. The van der Waals surface area contributed by atoms with Crippen LogP contribution >= 0.6 is 0 Å². The minimum absolute atomic E-state index is 0.114. The Labute approximate surface area is 479 Å². The molecule has 0 saturated carbocycles. The lowest BCUT2D eigenvalue weighted by atomic mass is 10.1. The molecule has 8 heteroatoms. The predicted molar refractivity (Wildman–Crippen MR) is 333 cm³/mol. The molecule has 1 N–H and O–H groups in total. The first kappa shape index (κ1) is 68.2. The molecule has 0 radical (unpaired) electrons. The van der Waals surface area contributed by atoms with E-state index < -0.39 is 0 Å². The molecule has 8 nitrogen and oxygen atoms in total. The highest BCUT2D eigenvalue weighted by Gasteiger charge is 2.18. The first-order chi connectivity index (χ1) is 38.5. The van der Waals surface area contributed by atoms with Crippen molar-refractivity contribution in [3.8, 4) is 40.2 Å². The van der Waals surface area contributed by atoms with Crippen molar-refractivity contribution in [1.29, 1.82) is 0 Å².